The summed E-state index contributed by atoms with van der Waals surface area (Å²) in [7, 11) is 4.12. The molecule has 2 heterocycles. The normalized spacial score (nSPS) is 40.1. The second kappa shape index (κ2) is 15.1. The summed E-state index contributed by atoms with van der Waals surface area (Å²) in [4.78, 5) is 28.0. The number of rotatable bonds is 6. The lowest BCUT2D eigenvalue weighted by Gasteiger charge is -2.40. The molecule has 2 aliphatic rings. The van der Waals surface area contributed by atoms with E-state index in [4.69, 9.17) is 18.9 Å². The lowest BCUT2D eigenvalue weighted by Crippen LogP contribution is -2.52. The van der Waals surface area contributed by atoms with E-state index in [1.807, 2.05) is 6.92 Å². The molecule has 3 N–H and O–H groups in total. The van der Waals surface area contributed by atoms with Crippen LogP contribution in [0.2, 0.25) is 0 Å². The average Bonchev–Trinajstić information content (AvgIpc) is 2.85. The summed E-state index contributed by atoms with van der Waals surface area (Å²) < 4.78 is 24.6. The average molecular weight is 559 g/mol. The summed E-state index contributed by atoms with van der Waals surface area (Å²) in [5.41, 5.74) is -1.78. The maximum Gasteiger partial charge on any atom is 0.308 e. The van der Waals surface area contributed by atoms with Gasteiger partial charge in [-0.05, 0) is 66.5 Å². The maximum atomic E-state index is 13.0. The van der Waals surface area contributed by atoms with E-state index in [0.29, 0.717) is 37.8 Å². The number of esters is 1. The first-order chi connectivity index (χ1) is 18.1. The molecule has 10 atom stereocenters. The molecule has 2 rings (SSSR count). The number of amides is 1. The molecule has 0 aromatic heterocycles. The van der Waals surface area contributed by atoms with Crippen molar-refractivity contribution in [3.8, 4) is 0 Å². The van der Waals surface area contributed by atoms with Crippen molar-refractivity contribution in [1.82, 2.24) is 10.2 Å². The number of cyclic esters (lactones) is 1. The third-order valence-electron chi connectivity index (χ3n) is 7.86. The van der Waals surface area contributed by atoms with Gasteiger partial charge in [0.15, 0.2) is 6.29 Å². The van der Waals surface area contributed by atoms with Gasteiger partial charge in [0.25, 0.3) is 0 Å². The fourth-order valence-corrected chi connectivity index (χ4v) is 5.20. The highest BCUT2D eigenvalue weighted by atomic mass is 16.7. The van der Waals surface area contributed by atoms with Gasteiger partial charge in [0.05, 0.1) is 36.3 Å². The smallest absolute Gasteiger partial charge is 0.308 e. The zero-order valence-electron chi connectivity index (χ0n) is 25.5. The van der Waals surface area contributed by atoms with Crippen LogP contribution < -0.4 is 5.32 Å². The Morgan fingerprint density at radius 1 is 1.08 bits per heavy atom. The molecule has 0 radical (unpaired) electrons. The highest BCUT2D eigenvalue weighted by Gasteiger charge is 2.40. The van der Waals surface area contributed by atoms with Crippen molar-refractivity contribution in [3.63, 3.8) is 0 Å². The molecule has 0 aromatic rings. The number of hydrogen-bond donors (Lipinski definition) is 3. The number of nitrogens with one attached hydrogen (secondary N) is 1. The Balaban J connectivity index is 2.34. The highest BCUT2D eigenvalue weighted by molar-refractivity contribution is 5.79. The minimum atomic E-state index is -1.78. The first-order valence-corrected chi connectivity index (χ1v) is 14.6. The molecule has 0 saturated carbocycles. The minimum absolute atomic E-state index is 0.0428. The topological polar surface area (TPSA) is 127 Å². The second-order valence-electron chi connectivity index (χ2n) is 12.7. The van der Waals surface area contributed by atoms with Gasteiger partial charge < -0.3 is 39.4 Å². The van der Waals surface area contributed by atoms with Gasteiger partial charge in [-0.2, -0.15) is 0 Å². The summed E-state index contributed by atoms with van der Waals surface area (Å²) in [6, 6.07) is 0.0328. The van der Waals surface area contributed by atoms with Gasteiger partial charge in [0, 0.05) is 25.1 Å². The van der Waals surface area contributed by atoms with Gasteiger partial charge in [0.1, 0.15) is 12.2 Å². The van der Waals surface area contributed by atoms with E-state index in [2.05, 4.69) is 45.1 Å². The molecule has 2 aliphatic heterocycles. The van der Waals surface area contributed by atoms with Crippen LogP contribution in [0.4, 0.5) is 0 Å². The number of aliphatic hydroxyl groups is 2. The predicted octanol–water partition coefficient (Wildman–Crippen LogP) is 2.48. The molecular weight excluding hydrogens is 504 g/mol. The molecule has 2 saturated heterocycles. The van der Waals surface area contributed by atoms with Crippen LogP contribution in [0.15, 0.2) is 0 Å². The molecular formula is C29H54N2O8. The summed E-state index contributed by atoms with van der Waals surface area (Å²) in [6.45, 7) is 12.9. The van der Waals surface area contributed by atoms with E-state index in [0.717, 1.165) is 12.8 Å². The summed E-state index contributed by atoms with van der Waals surface area (Å²) in [5, 5.41) is 24.5. The fraction of sp³-hybridized carbons (Fsp3) is 0.931. The fourth-order valence-electron chi connectivity index (χ4n) is 5.20. The summed E-state index contributed by atoms with van der Waals surface area (Å²) >= 11 is 0. The van der Waals surface area contributed by atoms with Crippen LogP contribution in [0.25, 0.3) is 0 Å². The van der Waals surface area contributed by atoms with E-state index in [-0.39, 0.29) is 24.4 Å². The largest absolute Gasteiger partial charge is 0.462 e. The number of carbonyl (C=O) groups excluding carboxylic acids is 2. The van der Waals surface area contributed by atoms with Crippen LogP contribution in [0.1, 0.15) is 80.6 Å². The molecule has 10 heteroatoms. The van der Waals surface area contributed by atoms with Crippen molar-refractivity contribution in [1.29, 1.82) is 0 Å². The van der Waals surface area contributed by atoms with E-state index < -0.39 is 48.3 Å². The van der Waals surface area contributed by atoms with Crippen LogP contribution in [0, 0.1) is 17.8 Å². The number of nitrogens with zero attached hydrogens (tertiary/aromatic N) is 1. The third-order valence-corrected chi connectivity index (χ3v) is 7.86. The van der Waals surface area contributed by atoms with Crippen molar-refractivity contribution in [2.24, 2.45) is 17.8 Å². The zero-order valence-corrected chi connectivity index (χ0v) is 25.5. The van der Waals surface area contributed by atoms with Crippen LogP contribution in [-0.4, -0.2) is 103 Å². The summed E-state index contributed by atoms with van der Waals surface area (Å²) in [6.07, 6.45) is 0.576. The van der Waals surface area contributed by atoms with E-state index >= 15 is 0 Å². The van der Waals surface area contributed by atoms with Crippen molar-refractivity contribution < 1.29 is 38.7 Å². The van der Waals surface area contributed by atoms with Gasteiger partial charge in [-0.1, -0.05) is 27.7 Å². The monoisotopic (exact) mass is 558 g/mol. The molecule has 7 unspecified atom stereocenters. The first-order valence-electron chi connectivity index (χ1n) is 14.6. The summed E-state index contributed by atoms with van der Waals surface area (Å²) in [5.74, 6) is -1.97. The van der Waals surface area contributed by atoms with Crippen LogP contribution in [-0.2, 0) is 28.5 Å². The molecule has 0 aromatic carbocycles. The van der Waals surface area contributed by atoms with Gasteiger partial charge in [0.2, 0.25) is 5.91 Å². The predicted molar refractivity (Wildman–Crippen MR) is 148 cm³/mol. The van der Waals surface area contributed by atoms with Gasteiger partial charge in [-0.3, -0.25) is 9.59 Å². The maximum absolute atomic E-state index is 13.0. The van der Waals surface area contributed by atoms with Crippen molar-refractivity contribution in [2.75, 3.05) is 27.3 Å². The lowest BCUT2D eigenvalue weighted by molar-refractivity contribution is -0.242. The number of ether oxygens (including phenoxy) is 4. The second-order valence-corrected chi connectivity index (χ2v) is 12.7. The van der Waals surface area contributed by atoms with E-state index in [1.165, 1.54) is 6.92 Å². The van der Waals surface area contributed by atoms with Gasteiger partial charge in [-0.25, -0.2) is 0 Å². The van der Waals surface area contributed by atoms with Crippen LogP contribution in [0.3, 0.4) is 0 Å². The van der Waals surface area contributed by atoms with E-state index in [9.17, 15) is 19.8 Å². The van der Waals surface area contributed by atoms with Crippen molar-refractivity contribution in [2.45, 2.75) is 129 Å². The van der Waals surface area contributed by atoms with Gasteiger partial charge in [-0.15, -0.1) is 0 Å². The standard InChI is InChI=1S/C29H54N2O8/c1-17(2)15-36-24-12-19(4)30-27(33)21(6)26(32)29(7,35)16-37-28(34)18(3)10-11-23(24)39-25-14-22(31(8)9)13-20(5)38-25/h17-26,32,35H,10-16H2,1-9H3,(H,30,33)/t18?,19-,20?,21?,22?,23-,24?,25?,26?,29-/m1/s1. The molecule has 39 heavy (non-hydrogen) atoms. The third kappa shape index (κ3) is 10.6. The van der Waals surface area contributed by atoms with E-state index in [1.54, 1.807) is 13.8 Å². The molecule has 2 fully saturated rings. The SMILES string of the molecule is CC(C)COC1C[C@@H](C)NC(=O)C(C)C(O)[C@](C)(O)COC(=O)C(C)CC[C@H]1OC1CC(N(C)C)CC(C)O1. The highest BCUT2D eigenvalue weighted by Crippen LogP contribution is 2.29. The molecule has 0 bridgehead atoms. The number of carbonyl (C=O) groups is 2. The number of hydrogen-bond acceptors (Lipinski definition) is 9. The Bertz CT molecular complexity index is 776. The molecule has 10 nitrogen and oxygen atoms in total. The van der Waals surface area contributed by atoms with Crippen LogP contribution >= 0.6 is 0 Å². The quantitative estimate of drug-likeness (QED) is 0.422. The van der Waals surface area contributed by atoms with Crippen molar-refractivity contribution in [3.05, 3.63) is 0 Å². The van der Waals surface area contributed by atoms with Gasteiger partial charge >= 0.3 is 5.97 Å². The number of aliphatic hydroxyl groups excluding tert-OH is 1. The Kier molecular flexibility index (Phi) is 13.1. The Hall–Kier alpha value is -1.30. The lowest BCUT2D eigenvalue weighted by atomic mass is 9.89. The zero-order chi connectivity index (χ0) is 29.5. The molecule has 0 spiro atoms. The Morgan fingerprint density at radius 2 is 1.74 bits per heavy atom. The Morgan fingerprint density at radius 3 is 2.36 bits per heavy atom. The Labute approximate surface area is 235 Å². The molecule has 0 aliphatic carbocycles. The van der Waals surface area contributed by atoms with Crippen LogP contribution in [0.5, 0.6) is 0 Å². The van der Waals surface area contributed by atoms with Crippen molar-refractivity contribution >= 4 is 11.9 Å². The molecule has 1 amide bonds. The molecule has 228 valence electrons. The minimum Gasteiger partial charge on any atom is -0.462 e. The first kappa shape index (κ1) is 33.9.